The number of fused-ring (bicyclic) bond motifs is 1. The van der Waals surface area contributed by atoms with Crippen molar-refractivity contribution in [1.82, 2.24) is 0 Å². The lowest BCUT2D eigenvalue weighted by Crippen LogP contribution is -2.34. The predicted molar refractivity (Wildman–Crippen MR) is 92.6 cm³/mol. The molecule has 1 aromatic rings. The SMILES string of the molecule is CCOC(=O)O/C(C(=O)OCC)=C1/C(=O)N(C(=O)OCC)c2ccccc21. The van der Waals surface area contributed by atoms with Crippen molar-refractivity contribution in [3.8, 4) is 0 Å². The van der Waals surface area contributed by atoms with Crippen LogP contribution in [0.15, 0.2) is 30.0 Å². The first kappa shape index (κ1) is 20.0. The smallest absolute Gasteiger partial charge is 0.460 e. The van der Waals surface area contributed by atoms with Crippen molar-refractivity contribution in [3.63, 3.8) is 0 Å². The van der Waals surface area contributed by atoms with E-state index in [9.17, 15) is 19.2 Å². The molecule has 0 N–H and O–H groups in total. The minimum atomic E-state index is -1.17. The van der Waals surface area contributed by atoms with Crippen molar-refractivity contribution in [1.29, 1.82) is 0 Å². The molecule has 2 rings (SSSR count). The number of anilines is 1. The number of rotatable bonds is 5. The van der Waals surface area contributed by atoms with Crippen molar-refractivity contribution in [2.75, 3.05) is 24.7 Å². The fourth-order valence-electron chi connectivity index (χ4n) is 2.43. The molecule has 0 spiro atoms. The van der Waals surface area contributed by atoms with Crippen LogP contribution >= 0.6 is 0 Å². The summed E-state index contributed by atoms with van der Waals surface area (Å²) >= 11 is 0. The lowest BCUT2D eigenvalue weighted by molar-refractivity contribution is -0.142. The molecule has 0 aliphatic carbocycles. The van der Waals surface area contributed by atoms with Crippen LogP contribution in [0, 0.1) is 0 Å². The average Bonchev–Trinajstić information content (AvgIpc) is 2.92. The first-order valence-electron chi connectivity index (χ1n) is 8.32. The minimum absolute atomic E-state index is 0.00373. The molecule has 1 aliphatic heterocycles. The number of benzene rings is 1. The second-order valence-corrected chi connectivity index (χ2v) is 5.07. The lowest BCUT2D eigenvalue weighted by Gasteiger charge is -2.14. The van der Waals surface area contributed by atoms with Gasteiger partial charge in [0.1, 0.15) is 5.57 Å². The highest BCUT2D eigenvalue weighted by molar-refractivity contribution is 6.41. The maximum absolute atomic E-state index is 12.9. The summed E-state index contributed by atoms with van der Waals surface area (Å²) in [6, 6.07) is 6.23. The molecule has 1 aliphatic rings. The van der Waals surface area contributed by atoms with Gasteiger partial charge in [-0.1, -0.05) is 18.2 Å². The van der Waals surface area contributed by atoms with Crippen LogP contribution in [0.25, 0.3) is 5.57 Å². The molecule has 9 nitrogen and oxygen atoms in total. The largest absolute Gasteiger partial charge is 0.514 e. The molecule has 1 heterocycles. The highest BCUT2D eigenvalue weighted by Crippen LogP contribution is 2.39. The molecule has 0 atom stereocenters. The summed E-state index contributed by atoms with van der Waals surface area (Å²) < 4.78 is 19.4. The van der Waals surface area contributed by atoms with Crippen molar-refractivity contribution in [2.45, 2.75) is 20.8 Å². The van der Waals surface area contributed by atoms with Gasteiger partial charge in [0.2, 0.25) is 5.76 Å². The van der Waals surface area contributed by atoms with Crippen LogP contribution in [0.4, 0.5) is 15.3 Å². The third kappa shape index (κ3) is 4.08. The van der Waals surface area contributed by atoms with Crippen LogP contribution in [0.5, 0.6) is 0 Å². The third-order valence-electron chi connectivity index (χ3n) is 3.42. The first-order valence-corrected chi connectivity index (χ1v) is 8.32. The number of para-hydroxylation sites is 1. The second kappa shape index (κ2) is 8.84. The molecule has 9 heteroatoms. The van der Waals surface area contributed by atoms with Crippen LogP contribution in [0.2, 0.25) is 0 Å². The predicted octanol–water partition coefficient (Wildman–Crippen LogP) is 2.64. The van der Waals surface area contributed by atoms with Crippen molar-refractivity contribution in [3.05, 3.63) is 35.6 Å². The van der Waals surface area contributed by atoms with Gasteiger partial charge in [0.25, 0.3) is 5.91 Å². The number of carbonyl (C=O) groups excluding carboxylic acids is 4. The molecule has 0 saturated heterocycles. The minimum Gasteiger partial charge on any atom is -0.460 e. The van der Waals surface area contributed by atoms with E-state index in [-0.39, 0.29) is 36.6 Å². The Bertz CT molecular complexity index is 798. The zero-order valence-electron chi connectivity index (χ0n) is 15.1. The van der Waals surface area contributed by atoms with Gasteiger partial charge in [0.15, 0.2) is 0 Å². The number of hydrogen-bond donors (Lipinski definition) is 0. The average molecular weight is 377 g/mol. The normalized spacial score (nSPS) is 14.3. The Hall–Kier alpha value is -3.36. The zero-order valence-corrected chi connectivity index (χ0v) is 15.1. The summed E-state index contributed by atoms with van der Waals surface area (Å²) in [4.78, 5) is 50.0. The van der Waals surface area contributed by atoms with Crippen molar-refractivity contribution < 1.29 is 38.1 Å². The Balaban J connectivity index is 2.61. The van der Waals surface area contributed by atoms with Gasteiger partial charge in [0.05, 0.1) is 25.5 Å². The number of hydrogen-bond acceptors (Lipinski definition) is 8. The number of imide groups is 1. The Morgan fingerprint density at radius 2 is 1.56 bits per heavy atom. The van der Waals surface area contributed by atoms with Gasteiger partial charge in [-0.05, 0) is 26.8 Å². The van der Waals surface area contributed by atoms with E-state index in [1.807, 2.05) is 0 Å². The zero-order chi connectivity index (χ0) is 20.0. The van der Waals surface area contributed by atoms with Gasteiger partial charge in [-0.2, -0.15) is 0 Å². The van der Waals surface area contributed by atoms with Gasteiger partial charge < -0.3 is 18.9 Å². The Kier molecular flexibility index (Phi) is 6.53. The topological polar surface area (TPSA) is 108 Å². The van der Waals surface area contributed by atoms with E-state index >= 15 is 0 Å². The fourth-order valence-corrected chi connectivity index (χ4v) is 2.43. The van der Waals surface area contributed by atoms with Gasteiger partial charge in [-0.15, -0.1) is 0 Å². The number of carbonyl (C=O) groups is 4. The number of amides is 2. The molecule has 0 radical (unpaired) electrons. The first-order chi connectivity index (χ1) is 13.0. The molecule has 0 unspecified atom stereocenters. The molecule has 144 valence electrons. The molecular formula is C18H19NO8. The van der Waals surface area contributed by atoms with Gasteiger partial charge in [0, 0.05) is 5.56 Å². The quantitative estimate of drug-likeness (QED) is 0.333. The summed E-state index contributed by atoms with van der Waals surface area (Å²) in [6.45, 7) is 4.74. The lowest BCUT2D eigenvalue weighted by atomic mass is 10.1. The van der Waals surface area contributed by atoms with Gasteiger partial charge in [-0.25, -0.2) is 19.3 Å². The van der Waals surface area contributed by atoms with Crippen molar-refractivity contribution in [2.24, 2.45) is 0 Å². The molecule has 1 aromatic carbocycles. The molecule has 0 fully saturated rings. The standard InChI is InChI=1S/C18H19NO8/c1-4-24-16(21)14(27-18(23)26-6-3)13-11-9-7-8-10-12(11)19(15(13)20)17(22)25-5-2/h7-10H,4-6H2,1-3H3/b14-13+. The highest BCUT2D eigenvalue weighted by Gasteiger charge is 2.42. The van der Waals surface area contributed by atoms with Gasteiger partial charge in [-0.3, -0.25) is 4.79 Å². The van der Waals surface area contributed by atoms with E-state index in [0.29, 0.717) is 0 Å². The van der Waals surface area contributed by atoms with Crippen molar-refractivity contribution >= 4 is 35.4 Å². The Morgan fingerprint density at radius 1 is 0.926 bits per heavy atom. The molecular weight excluding hydrogens is 358 g/mol. The molecule has 0 bridgehead atoms. The van der Waals surface area contributed by atoms with Gasteiger partial charge >= 0.3 is 18.2 Å². The van der Waals surface area contributed by atoms with E-state index in [1.165, 1.54) is 12.1 Å². The van der Waals surface area contributed by atoms with E-state index < -0.39 is 29.9 Å². The van der Waals surface area contributed by atoms with E-state index in [1.54, 1.807) is 32.9 Å². The van der Waals surface area contributed by atoms with E-state index in [4.69, 9.17) is 14.2 Å². The number of ether oxygens (including phenoxy) is 4. The summed E-state index contributed by atoms with van der Waals surface area (Å²) in [5, 5.41) is 0. The molecule has 0 saturated carbocycles. The fraction of sp³-hybridized carbons (Fsp3) is 0.333. The molecule has 27 heavy (non-hydrogen) atoms. The monoisotopic (exact) mass is 377 g/mol. The maximum atomic E-state index is 12.9. The molecule has 2 amide bonds. The van der Waals surface area contributed by atoms with Crippen LogP contribution in [-0.2, 0) is 28.5 Å². The number of nitrogens with zero attached hydrogens (tertiary/aromatic N) is 1. The maximum Gasteiger partial charge on any atom is 0.514 e. The second-order valence-electron chi connectivity index (χ2n) is 5.07. The third-order valence-corrected chi connectivity index (χ3v) is 3.42. The highest BCUT2D eigenvalue weighted by atomic mass is 16.7. The summed E-state index contributed by atoms with van der Waals surface area (Å²) in [5.74, 6) is -2.56. The number of esters is 1. The summed E-state index contributed by atoms with van der Waals surface area (Å²) in [5.41, 5.74) is 0.137. The molecule has 0 aromatic heterocycles. The van der Waals surface area contributed by atoms with Crippen LogP contribution in [-0.4, -0.2) is 43.9 Å². The summed E-state index contributed by atoms with van der Waals surface area (Å²) in [7, 11) is 0. The van der Waals surface area contributed by atoms with E-state index in [2.05, 4.69) is 4.74 Å². The van der Waals surface area contributed by atoms with Crippen LogP contribution in [0.3, 0.4) is 0 Å². The summed E-state index contributed by atoms with van der Waals surface area (Å²) in [6.07, 6.45) is -2.09. The van der Waals surface area contributed by atoms with Crippen LogP contribution < -0.4 is 4.90 Å². The Labute approximate surface area is 155 Å². The van der Waals surface area contributed by atoms with E-state index in [0.717, 1.165) is 4.90 Å². The Morgan fingerprint density at radius 3 is 2.19 bits per heavy atom. The van der Waals surface area contributed by atoms with Crippen LogP contribution in [0.1, 0.15) is 26.3 Å².